The predicted octanol–water partition coefficient (Wildman–Crippen LogP) is 4.49. The van der Waals surface area contributed by atoms with Gasteiger partial charge in [-0.1, -0.05) is 31.0 Å². The van der Waals surface area contributed by atoms with Crippen LogP contribution in [0.15, 0.2) is 59.6 Å². The predicted molar refractivity (Wildman–Crippen MR) is 97.7 cm³/mol. The van der Waals surface area contributed by atoms with Crippen LogP contribution in [0.5, 0.6) is 0 Å². The van der Waals surface area contributed by atoms with Crippen molar-refractivity contribution in [3.63, 3.8) is 0 Å². The topological polar surface area (TPSA) is 55.1 Å². The van der Waals surface area contributed by atoms with Gasteiger partial charge in [0.15, 0.2) is 5.76 Å². The zero-order valence-corrected chi connectivity index (χ0v) is 14.8. The maximum Gasteiger partial charge on any atom is 0.151 e. The Hall–Kier alpha value is -2.53. The summed E-state index contributed by atoms with van der Waals surface area (Å²) in [5.74, 6) is 0.861. The van der Waals surface area contributed by atoms with Crippen LogP contribution >= 0.6 is 0 Å². The quantitative estimate of drug-likeness (QED) is 0.606. The number of unbranched alkanes of at least 4 members (excludes halogenated alkanes) is 1. The van der Waals surface area contributed by atoms with Crippen molar-refractivity contribution in [2.45, 2.75) is 38.8 Å². The Labute approximate surface area is 148 Å². The van der Waals surface area contributed by atoms with Crippen LogP contribution in [-0.2, 0) is 6.54 Å². The molecular formula is C20H24N4O. The normalized spacial score (nSPS) is 12.4. The SMILES string of the molecule is CCCCC(c1cccnc1)N(C)Cc1cc(-c2ccncc2)no1. The Morgan fingerprint density at radius 2 is 1.96 bits per heavy atom. The molecule has 0 spiro atoms. The van der Waals surface area contributed by atoms with Crippen LogP contribution in [0.2, 0.25) is 0 Å². The van der Waals surface area contributed by atoms with E-state index in [1.807, 2.05) is 36.7 Å². The van der Waals surface area contributed by atoms with Crippen molar-refractivity contribution in [1.29, 1.82) is 0 Å². The molecule has 3 aromatic heterocycles. The number of hydrogen-bond acceptors (Lipinski definition) is 5. The lowest BCUT2D eigenvalue weighted by molar-refractivity contribution is 0.196. The summed E-state index contributed by atoms with van der Waals surface area (Å²) in [7, 11) is 2.13. The number of aromatic nitrogens is 3. The zero-order valence-electron chi connectivity index (χ0n) is 14.8. The van der Waals surface area contributed by atoms with Crippen LogP contribution in [0.25, 0.3) is 11.3 Å². The summed E-state index contributed by atoms with van der Waals surface area (Å²) < 4.78 is 5.55. The lowest BCUT2D eigenvalue weighted by Crippen LogP contribution is -2.24. The molecule has 0 saturated carbocycles. The van der Waals surface area contributed by atoms with Gasteiger partial charge in [0.05, 0.1) is 6.54 Å². The van der Waals surface area contributed by atoms with E-state index in [0.717, 1.165) is 23.4 Å². The summed E-state index contributed by atoms with van der Waals surface area (Å²) in [6.07, 6.45) is 10.8. The maximum absolute atomic E-state index is 5.55. The average Bonchev–Trinajstić information content (AvgIpc) is 3.12. The molecular weight excluding hydrogens is 312 g/mol. The Kier molecular flexibility index (Phi) is 5.90. The van der Waals surface area contributed by atoms with Gasteiger partial charge in [0.2, 0.25) is 0 Å². The summed E-state index contributed by atoms with van der Waals surface area (Å²) in [6.45, 7) is 2.93. The molecule has 0 aliphatic rings. The largest absolute Gasteiger partial charge is 0.359 e. The molecule has 0 aromatic carbocycles. The van der Waals surface area contributed by atoms with E-state index in [9.17, 15) is 0 Å². The molecule has 0 aliphatic heterocycles. The van der Waals surface area contributed by atoms with Crippen LogP contribution in [0, 0.1) is 0 Å². The van der Waals surface area contributed by atoms with Gasteiger partial charge in [0.1, 0.15) is 5.69 Å². The second kappa shape index (κ2) is 8.53. The first-order valence-corrected chi connectivity index (χ1v) is 8.74. The molecule has 0 fully saturated rings. The Morgan fingerprint density at radius 3 is 2.68 bits per heavy atom. The molecule has 1 atom stereocenters. The Bertz CT molecular complexity index is 758. The summed E-state index contributed by atoms with van der Waals surface area (Å²) in [6, 6.07) is 10.3. The minimum Gasteiger partial charge on any atom is -0.359 e. The fraction of sp³-hybridized carbons (Fsp3) is 0.350. The minimum atomic E-state index is 0.322. The van der Waals surface area contributed by atoms with Gasteiger partial charge in [-0.15, -0.1) is 0 Å². The van der Waals surface area contributed by atoms with Crippen molar-refractivity contribution in [2.24, 2.45) is 0 Å². The smallest absolute Gasteiger partial charge is 0.151 e. The standard InChI is InChI=1S/C20H24N4O/c1-3-4-7-20(17-6-5-10-22-14-17)24(2)15-18-13-19(23-25-18)16-8-11-21-12-9-16/h5-6,8-14,20H,3-4,7,15H2,1-2H3. The summed E-state index contributed by atoms with van der Waals surface area (Å²) in [5.41, 5.74) is 3.10. The summed E-state index contributed by atoms with van der Waals surface area (Å²) in [5, 5.41) is 4.19. The molecule has 0 N–H and O–H groups in total. The van der Waals surface area contributed by atoms with E-state index in [2.05, 4.69) is 40.1 Å². The summed E-state index contributed by atoms with van der Waals surface area (Å²) >= 11 is 0. The summed E-state index contributed by atoms with van der Waals surface area (Å²) in [4.78, 5) is 10.6. The van der Waals surface area contributed by atoms with Crippen LogP contribution in [0.1, 0.15) is 43.6 Å². The third-order valence-electron chi connectivity index (χ3n) is 4.37. The van der Waals surface area contributed by atoms with Gasteiger partial charge in [-0.2, -0.15) is 0 Å². The molecule has 5 heteroatoms. The van der Waals surface area contributed by atoms with E-state index in [-0.39, 0.29) is 0 Å². The molecule has 0 saturated heterocycles. The molecule has 130 valence electrons. The monoisotopic (exact) mass is 336 g/mol. The van der Waals surface area contributed by atoms with Gasteiger partial charge in [0, 0.05) is 42.5 Å². The van der Waals surface area contributed by atoms with Crippen LogP contribution in [0.4, 0.5) is 0 Å². The van der Waals surface area contributed by atoms with E-state index in [1.165, 1.54) is 18.4 Å². The highest BCUT2D eigenvalue weighted by Crippen LogP contribution is 2.27. The van der Waals surface area contributed by atoms with Crippen molar-refractivity contribution in [3.8, 4) is 11.3 Å². The highest BCUT2D eigenvalue weighted by Gasteiger charge is 2.19. The van der Waals surface area contributed by atoms with Gasteiger partial charge in [-0.05, 0) is 37.2 Å². The van der Waals surface area contributed by atoms with Crippen LogP contribution < -0.4 is 0 Å². The van der Waals surface area contributed by atoms with Crippen molar-refractivity contribution in [2.75, 3.05) is 7.05 Å². The van der Waals surface area contributed by atoms with Gasteiger partial charge >= 0.3 is 0 Å². The fourth-order valence-corrected chi connectivity index (χ4v) is 3.01. The minimum absolute atomic E-state index is 0.322. The zero-order chi connectivity index (χ0) is 17.5. The van der Waals surface area contributed by atoms with E-state index in [4.69, 9.17) is 4.52 Å². The molecule has 3 rings (SSSR count). The molecule has 25 heavy (non-hydrogen) atoms. The number of rotatable bonds is 8. The van der Waals surface area contributed by atoms with Crippen LogP contribution in [-0.4, -0.2) is 27.1 Å². The fourth-order valence-electron chi connectivity index (χ4n) is 3.01. The number of hydrogen-bond donors (Lipinski definition) is 0. The number of pyridine rings is 2. The average molecular weight is 336 g/mol. The molecule has 0 radical (unpaired) electrons. The third-order valence-corrected chi connectivity index (χ3v) is 4.37. The van der Waals surface area contributed by atoms with Gasteiger partial charge < -0.3 is 4.52 Å². The van der Waals surface area contributed by atoms with E-state index >= 15 is 0 Å². The van der Waals surface area contributed by atoms with Crippen molar-refractivity contribution in [1.82, 2.24) is 20.0 Å². The lowest BCUT2D eigenvalue weighted by atomic mass is 10.0. The third kappa shape index (κ3) is 4.51. The second-order valence-corrected chi connectivity index (χ2v) is 6.27. The lowest BCUT2D eigenvalue weighted by Gasteiger charge is -2.27. The number of nitrogens with zero attached hydrogens (tertiary/aromatic N) is 4. The van der Waals surface area contributed by atoms with Crippen molar-refractivity contribution >= 4 is 0 Å². The molecule has 3 heterocycles. The molecule has 3 aromatic rings. The Morgan fingerprint density at radius 1 is 1.12 bits per heavy atom. The van der Waals surface area contributed by atoms with Gasteiger partial charge in [0.25, 0.3) is 0 Å². The molecule has 0 aliphatic carbocycles. The highest BCUT2D eigenvalue weighted by molar-refractivity contribution is 5.57. The first kappa shape index (κ1) is 17.3. The van der Waals surface area contributed by atoms with Crippen molar-refractivity contribution < 1.29 is 4.52 Å². The maximum atomic E-state index is 5.55. The molecule has 5 nitrogen and oxygen atoms in total. The van der Waals surface area contributed by atoms with Crippen LogP contribution in [0.3, 0.4) is 0 Å². The highest BCUT2D eigenvalue weighted by atomic mass is 16.5. The van der Waals surface area contributed by atoms with Gasteiger partial charge in [-0.25, -0.2) is 0 Å². The first-order chi connectivity index (χ1) is 12.3. The van der Waals surface area contributed by atoms with Gasteiger partial charge in [-0.3, -0.25) is 14.9 Å². The second-order valence-electron chi connectivity index (χ2n) is 6.27. The molecule has 0 amide bonds. The van der Waals surface area contributed by atoms with E-state index in [1.54, 1.807) is 12.4 Å². The first-order valence-electron chi connectivity index (χ1n) is 8.74. The van der Waals surface area contributed by atoms with E-state index < -0.39 is 0 Å². The molecule has 1 unspecified atom stereocenters. The van der Waals surface area contributed by atoms with E-state index in [0.29, 0.717) is 12.6 Å². The molecule has 0 bridgehead atoms. The Balaban J connectivity index is 1.73. The van der Waals surface area contributed by atoms with Crippen molar-refractivity contribution in [3.05, 3.63) is 66.4 Å².